The molecule has 0 atom stereocenters. The summed E-state index contributed by atoms with van der Waals surface area (Å²) < 4.78 is 5.47. The summed E-state index contributed by atoms with van der Waals surface area (Å²) >= 11 is 5.91. The Kier molecular flexibility index (Phi) is 4.29. The molecule has 0 aliphatic carbocycles. The Labute approximate surface area is 133 Å². The van der Waals surface area contributed by atoms with E-state index in [4.69, 9.17) is 16.0 Å². The van der Waals surface area contributed by atoms with Crippen LogP contribution in [0.2, 0.25) is 5.02 Å². The number of rotatable bonds is 2. The Hall–Kier alpha value is -2.08. The Morgan fingerprint density at radius 3 is 2.77 bits per heavy atom. The first-order valence-electron chi connectivity index (χ1n) is 7.23. The first-order chi connectivity index (χ1) is 10.6. The van der Waals surface area contributed by atoms with Crippen molar-refractivity contribution in [3.05, 3.63) is 41.1 Å². The van der Waals surface area contributed by atoms with Gasteiger partial charge >= 0.3 is 6.03 Å². The molecule has 1 aliphatic heterocycles. The predicted octanol–water partition coefficient (Wildman–Crippen LogP) is 3.44. The van der Waals surface area contributed by atoms with Crippen LogP contribution in [0.5, 0.6) is 0 Å². The number of aryl methyl sites for hydroxylation is 1. The highest BCUT2D eigenvalue weighted by Gasteiger charge is 2.27. The van der Waals surface area contributed by atoms with Crippen molar-refractivity contribution in [1.82, 2.24) is 15.1 Å². The molecule has 2 aromatic rings. The number of urea groups is 1. The van der Waals surface area contributed by atoms with Crippen LogP contribution in [-0.4, -0.2) is 34.2 Å². The predicted molar refractivity (Wildman–Crippen MR) is 83.1 cm³/mol. The van der Waals surface area contributed by atoms with Crippen molar-refractivity contribution in [2.75, 3.05) is 18.4 Å². The first kappa shape index (κ1) is 14.8. The zero-order chi connectivity index (χ0) is 15.5. The fourth-order valence-corrected chi connectivity index (χ4v) is 2.77. The van der Waals surface area contributed by atoms with E-state index >= 15 is 0 Å². The fourth-order valence-electron chi connectivity index (χ4n) is 2.58. The molecule has 0 bridgehead atoms. The van der Waals surface area contributed by atoms with Crippen LogP contribution in [0, 0.1) is 6.92 Å². The monoisotopic (exact) mass is 320 g/mol. The lowest BCUT2D eigenvalue weighted by Gasteiger charge is -2.30. The minimum absolute atomic E-state index is 0.109. The smallest absolute Gasteiger partial charge is 0.321 e. The number of halogens is 1. The van der Waals surface area contributed by atoms with E-state index < -0.39 is 0 Å². The van der Waals surface area contributed by atoms with E-state index in [1.54, 1.807) is 24.0 Å². The highest BCUT2D eigenvalue weighted by molar-refractivity contribution is 6.30. The third-order valence-electron chi connectivity index (χ3n) is 3.75. The van der Waals surface area contributed by atoms with Gasteiger partial charge in [-0.1, -0.05) is 17.7 Å². The molecule has 116 valence electrons. The molecule has 0 radical (unpaired) electrons. The van der Waals surface area contributed by atoms with E-state index in [0.29, 0.717) is 35.6 Å². The number of aromatic nitrogens is 2. The summed E-state index contributed by atoms with van der Waals surface area (Å²) in [6.45, 7) is 3.11. The van der Waals surface area contributed by atoms with Crippen molar-refractivity contribution in [1.29, 1.82) is 0 Å². The van der Waals surface area contributed by atoms with Crippen molar-refractivity contribution < 1.29 is 9.21 Å². The van der Waals surface area contributed by atoms with Crippen LogP contribution in [0.3, 0.4) is 0 Å². The number of likely N-dealkylation sites (tertiary alicyclic amines) is 1. The van der Waals surface area contributed by atoms with Gasteiger partial charge in [-0.2, -0.15) is 0 Å². The van der Waals surface area contributed by atoms with Crippen molar-refractivity contribution in [2.45, 2.75) is 25.7 Å². The second-order valence-electron chi connectivity index (χ2n) is 5.36. The second kappa shape index (κ2) is 6.36. The molecule has 0 saturated carbocycles. The highest BCUT2D eigenvalue weighted by Crippen LogP contribution is 2.27. The van der Waals surface area contributed by atoms with Gasteiger partial charge < -0.3 is 14.6 Å². The van der Waals surface area contributed by atoms with Crippen LogP contribution < -0.4 is 5.32 Å². The Balaban J connectivity index is 1.55. The van der Waals surface area contributed by atoms with Crippen molar-refractivity contribution in [3.63, 3.8) is 0 Å². The van der Waals surface area contributed by atoms with Crippen LogP contribution in [0.1, 0.15) is 30.5 Å². The summed E-state index contributed by atoms with van der Waals surface area (Å²) in [6.07, 6.45) is 1.65. The van der Waals surface area contributed by atoms with Crippen molar-refractivity contribution in [3.8, 4) is 0 Å². The first-order valence-corrected chi connectivity index (χ1v) is 7.61. The molecule has 1 fully saturated rings. The minimum Gasteiger partial charge on any atom is -0.425 e. The standard InChI is InChI=1S/C15H17ClN4O2/c1-10-18-19-14(22-10)11-5-7-20(8-6-11)15(21)17-13-4-2-3-12(16)9-13/h2-4,9,11H,5-8H2,1H3,(H,17,21). The molecular weight excluding hydrogens is 304 g/mol. The van der Waals surface area contributed by atoms with E-state index in [1.165, 1.54) is 0 Å². The van der Waals surface area contributed by atoms with Crippen LogP contribution in [0.15, 0.2) is 28.7 Å². The molecule has 1 N–H and O–H groups in total. The van der Waals surface area contributed by atoms with E-state index in [9.17, 15) is 4.79 Å². The Morgan fingerprint density at radius 2 is 2.14 bits per heavy atom. The lowest BCUT2D eigenvalue weighted by molar-refractivity contribution is 0.189. The molecule has 1 saturated heterocycles. The molecule has 6 nitrogen and oxygen atoms in total. The SMILES string of the molecule is Cc1nnc(C2CCN(C(=O)Nc3cccc(Cl)c3)CC2)o1. The van der Waals surface area contributed by atoms with Crippen molar-refractivity contribution >= 4 is 23.3 Å². The number of benzene rings is 1. The minimum atomic E-state index is -0.109. The van der Waals surface area contributed by atoms with Gasteiger partial charge in [0, 0.05) is 36.6 Å². The van der Waals surface area contributed by atoms with E-state index in [-0.39, 0.29) is 11.9 Å². The van der Waals surface area contributed by atoms with Crippen molar-refractivity contribution in [2.24, 2.45) is 0 Å². The third-order valence-corrected chi connectivity index (χ3v) is 3.98. The molecular formula is C15H17ClN4O2. The van der Waals surface area contributed by atoms with Gasteiger partial charge in [0.15, 0.2) is 0 Å². The number of anilines is 1. The van der Waals surface area contributed by atoms with E-state index in [2.05, 4.69) is 15.5 Å². The third kappa shape index (κ3) is 3.39. The molecule has 22 heavy (non-hydrogen) atoms. The Bertz CT molecular complexity index is 665. The zero-order valence-electron chi connectivity index (χ0n) is 12.3. The maximum Gasteiger partial charge on any atom is 0.321 e. The molecule has 7 heteroatoms. The molecule has 1 aliphatic rings. The van der Waals surface area contributed by atoms with Gasteiger partial charge in [0.1, 0.15) is 0 Å². The Morgan fingerprint density at radius 1 is 1.36 bits per heavy atom. The molecule has 3 rings (SSSR count). The summed E-state index contributed by atoms with van der Waals surface area (Å²) in [4.78, 5) is 14.0. The van der Waals surface area contributed by atoms with Crippen LogP contribution in [-0.2, 0) is 0 Å². The average Bonchev–Trinajstić information content (AvgIpc) is 2.94. The quantitative estimate of drug-likeness (QED) is 0.920. The zero-order valence-corrected chi connectivity index (χ0v) is 13.0. The molecule has 0 spiro atoms. The number of piperidine rings is 1. The van der Waals surface area contributed by atoms with Crippen LogP contribution in [0.25, 0.3) is 0 Å². The fraction of sp³-hybridized carbons (Fsp3) is 0.400. The van der Waals surface area contributed by atoms with Gasteiger partial charge in [-0.25, -0.2) is 4.79 Å². The van der Waals surface area contributed by atoms with E-state index in [0.717, 1.165) is 12.8 Å². The van der Waals surface area contributed by atoms with Gasteiger partial charge in [-0.3, -0.25) is 0 Å². The topological polar surface area (TPSA) is 71.3 Å². The highest BCUT2D eigenvalue weighted by atomic mass is 35.5. The van der Waals surface area contributed by atoms with E-state index in [1.807, 2.05) is 12.1 Å². The molecule has 1 aromatic carbocycles. The number of amides is 2. The summed E-state index contributed by atoms with van der Waals surface area (Å²) in [5.41, 5.74) is 0.701. The summed E-state index contributed by atoms with van der Waals surface area (Å²) in [7, 11) is 0. The van der Waals surface area contributed by atoms with Crippen LogP contribution >= 0.6 is 11.6 Å². The van der Waals surface area contributed by atoms with Gasteiger partial charge in [0.25, 0.3) is 0 Å². The normalized spacial score (nSPS) is 15.8. The number of nitrogens with one attached hydrogen (secondary N) is 1. The lowest BCUT2D eigenvalue weighted by atomic mass is 9.97. The average molecular weight is 321 g/mol. The molecule has 0 unspecified atom stereocenters. The number of hydrogen-bond acceptors (Lipinski definition) is 4. The largest absolute Gasteiger partial charge is 0.425 e. The summed E-state index contributed by atoms with van der Waals surface area (Å²) in [6, 6.07) is 7.02. The second-order valence-corrected chi connectivity index (χ2v) is 5.80. The van der Waals surface area contributed by atoms with Gasteiger partial charge in [-0.15, -0.1) is 10.2 Å². The number of carbonyl (C=O) groups is 1. The lowest BCUT2D eigenvalue weighted by Crippen LogP contribution is -2.40. The van der Waals surface area contributed by atoms with Crippen LogP contribution in [0.4, 0.5) is 10.5 Å². The molecule has 2 amide bonds. The van der Waals surface area contributed by atoms with Gasteiger partial charge in [0.05, 0.1) is 0 Å². The van der Waals surface area contributed by atoms with Gasteiger partial charge in [-0.05, 0) is 31.0 Å². The summed E-state index contributed by atoms with van der Waals surface area (Å²) in [5.74, 6) is 1.49. The molecule has 2 heterocycles. The number of nitrogens with zero attached hydrogens (tertiary/aromatic N) is 3. The van der Waals surface area contributed by atoms with Gasteiger partial charge in [0.2, 0.25) is 11.8 Å². The summed E-state index contributed by atoms with van der Waals surface area (Å²) in [5, 5.41) is 11.4. The maximum atomic E-state index is 12.2. The number of hydrogen-bond donors (Lipinski definition) is 1. The maximum absolute atomic E-state index is 12.2. The molecule has 1 aromatic heterocycles. The number of carbonyl (C=O) groups excluding carboxylic acids is 1.